The Morgan fingerprint density at radius 2 is 0.800 bits per heavy atom. The van der Waals surface area contributed by atoms with Crippen molar-refractivity contribution in [3.8, 4) is 0 Å². The van der Waals surface area contributed by atoms with Crippen LogP contribution in [0, 0.1) is 0 Å². The maximum Gasteiger partial charge on any atom is 0.187 e. The van der Waals surface area contributed by atoms with Crippen LogP contribution in [0.5, 0.6) is 0 Å². The number of aliphatic hydroxyl groups excluding tert-OH is 1. The summed E-state index contributed by atoms with van der Waals surface area (Å²) < 4.78 is 32.1. The Labute approximate surface area is 236 Å². The van der Waals surface area contributed by atoms with Gasteiger partial charge >= 0.3 is 0 Å². The van der Waals surface area contributed by atoms with Gasteiger partial charge in [0.15, 0.2) is 6.29 Å². The molecule has 1 fully saturated rings. The van der Waals surface area contributed by atoms with Crippen molar-refractivity contribution in [2.24, 2.45) is 0 Å². The first-order valence-electron chi connectivity index (χ1n) is 13.7. The fourth-order valence-corrected chi connectivity index (χ4v) is 4.78. The molecule has 1 aliphatic rings. The molecular formula is C34H36O6. The van der Waals surface area contributed by atoms with Crippen molar-refractivity contribution in [2.45, 2.75) is 57.1 Å². The van der Waals surface area contributed by atoms with Crippen LogP contribution in [-0.4, -0.2) is 42.4 Å². The largest absolute Gasteiger partial charge is 0.394 e. The number of ether oxygens (including phenoxy) is 5. The van der Waals surface area contributed by atoms with E-state index in [2.05, 4.69) is 0 Å². The summed E-state index contributed by atoms with van der Waals surface area (Å²) in [6.45, 7) is 1.13. The van der Waals surface area contributed by atoms with Crippen LogP contribution in [0.25, 0.3) is 0 Å². The molecule has 0 aliphatic carbocycles. The molecule has 208 valence electrons. The number of hydrogen-bond acceptors (Lipinski definition) is 6. The first kappa shape index (κ1) is 28.2. The standard InChI is InChI=1S/C34H36O6/c35-21-30-31(36-22-26-13-5-1-6-14-26)32(37-23-27-15-7-2-8-16-27)33(38-24-28-17-9-3-10-18-28)34(40-30)39-25-29-19-11-4-12-20-29/h1-20,30-35H,21-25H2/t30?,31-,32+,33-,34+/m1/s1. The van der Waals surface area contributed by atoms with Crippen molar-refractivity contribution in [3.05, 3.63) is 144 Å². The zero-order valence-electron chi connectivity index (χ0n) is 22.5. The number of hydrogen-bond donors (Lipinski definition) is 1. The minimum absolute atomic E-state index is 0.249. The smallest absolute Gasteiger partial charge is 0.187 e. The van der Waals surface area contributed by atoms with Gasteiger partial charge in [-0.2, -0.15) is 0 Å². The molecule has 1 aliphatic heterocycles. The lowest BCUT2D eigenvalue weighted by Gasteiger charge is -2.45. The Morgan fingerprint density at radius 3 is 1.20 bits per heavy atom. The van der Waals surface area contributed by atoms with Gasteiger partial charge in [0.05, 0.1) is 33.0 Å². The summed E-state index contributed by atoms with van der Waals surface area (Å²) in [6.07, 6.45) is -3.22. The predicted octanol–water partition coefficient (Wildman–Crippen LogP) is 5.68. The Balaban J connectivity index is 1.41. The van der Waals surface area contributed by atoms with Crippen LogP contribution in [0.1, 0.15) is 22.3 Å². The SMILES string of the molecule is OCC1O[C@H](OCc2ccccc2)[C@H](OCc2ccccc2)[C@@H](OCc2ccccc2)[C@@H]1OCc1ccccc1. The quantitative estimate of drug-likeness (QED) is 0.236. The summed E-state index contributed by atoms with van der Waals surface area (Å²) in [6, 6.07) is 39.8. The Hall–Kier alpha value is -3.36. The van der Waals surface area contributed by atoms with Crippen molar-refractivity contribution >= 4 is 0 Å². The minimum atomic E-state index is -0.779. The van der Waals surface area contributed by atoms with Gasteiger partial charge in [0, 0.05) is 0 Å². The Bertz CT molecular complexity index is 1240. The first-order valence-corrected chi connectivity index (χ1v) is 13.7. The van der Waals surface area contributed by atoms with E-state index in [0.717, 1.165) is 22.3 Å². The van der Waals surface area contributed by atoms with Crippen LogP contribution < -0.4 is 0 Å². The van der Waals surface area contributed by atoms with Gasteiger partial charge in [-0.25, -0.2) is 0 Å². The van der Waals surface area contributed by atoms with Gasteiger partial charge in [0.2, 0.25) is 0 Å². The summed E-state index contributed by atoms with van der Waals surface area (Å²) in [7, 11) is 0. The van der Waals surface area contributed by atoms with Gasteiger partial charge in [-0.05, 0) is 22.3 Å². The molecular weight excluding hydrogens is 504 g/mol. The highest BCUT2D eigenvalue weighted by molar-refractivity contribution is 5.16. The molecule has 0 spiro atoms. The fourth-order valence-electron chi connectivity index (χ4n) is 4.78. The molecule has 0 aromatic heterocycles. The molecule has 1 heterocycles. The molecule has 5 atom stereocenters. The van der Waals surface area contributed by atoms with Crippen LogP contribution in [0.2, 0.25) is 0 Å². The van der Waals surface area contributed by atoms with E-state index in [1.807, 2.05) is 121 Å². The van der Waals surface area contributed by atoms with E-state index in [9.17, 15) is 5.11 Å². The Kier molecular flexibility index (Phi) is 10.5. The predicted molar refractivity (Wildman–Crippen MR) is 152 cm³/mol. The lowest BCUT2D eigenvalue weighted by molar-refractivity contribution is -0.329. The van der Waals surface area contributed by atoms with Crippen LogP contribution in [-0.2, 0) is 50.1 Å². The highest BCUT2D eigenvalue weighted by Crippen LogP contribution is 2.31. The van der Waals surface area contributed by atoms with Gasteiger partial charge in [0.1, 0.15) is 24.4 Å². The number of aliphatic hydroxyl groups is 1. The lowest BCUT2D eigenvalue weighted by Crippen LogP contribution is -2.61. The van der Waals surface area contributed by atoms with Gasteiger partial charge < -0.3 is 28.8 Å². The van der Waals surface area contributed by atoms with Gasteiger partial charge in [-0.1, -0.05) is 121 Å². The summed E-state index contributed by atoms with van der Waals surface area (Å²) in [5.41, 5.74) is 4.08. The molecule has 6 nitrogen and oxygen atoms in total. The number of benzene rings is 4. The maximum absolute atomic E-state index is 10.4. The summed E-state index contributed by atoms with van der Waals surface area (Å²) >= 11 is 0. The molecule has 4 aromatic rings. The molecule has 0 amide bonds. The third-order valence-electron chi connectivity index (χ3n) is 6.88. The van der Waals surface area contributed by atoms with E-state index in [-0.39, 0.29) is 6.61 Å². The van der Waals surface area contributed by atoms with Crippen molar-refractivity contribution in [2.75, 3.05) is 6.61 Å². The Morgan fingerprint density at radius 1 is 0.450 bits per heavy atom. The third kappa shape index (κ3) is 7.86. The van der Waals surface area contributed by atoms with Crippen LogP contribution in [0.3, 0.4) is 0 Å². The zero-order chi connectivity index (χ0) is 27.4. The average Bonchev–Trinajstić information content (AvgIpc) is 3.03. The monoisotopic (exact) mass is 540 g/mol. The fraction of sp³-hybridized carbons (Fsp3) is 0.294. The van der Waals surface area contributed by atoms with Crippen molar-refractivity contribution < 1.29 is 28.8 Å². The maximum atomic E-state index is 10.4. The molecule has 0 radical (unpaired) electrons. The molecule has 6 heteroatoms. The van der Waals surface area contributed by atoms with Crippen molar-refractivity contribution in [1.29, 1.82) is 0 Å². The van der Waals surface area contributed by atoms with E-state index >= 15 is 0 Å². The second-order valence-corrected chi connectivity index (χ2v) is 9.81. The highest BCUT2D eigenvalue weighted by Gasteiger charge is 2.48. The second-order valence-electron chi connectivity index (χ2n) is 9.81. The number of rotatable bonds is 13. The molecule has 4 aromatic carbocycles. The second kappa shape index (κ2) is 14.9. The first-order chi connectivity index (χ1) is 19.8. The van der Waals surface area contributed by atoms with E-state index in [0.29, 0.717) is 26.4 Å². The zero-order valence-corrected chi connectivity index (χ0v) is 22.5. The topological polar surface area (TPSA) is 66.4 Å². The highest BCUT2D eigenvalue weighted by atomic mass is 16.7. The molecule has 5 rings (SSSR count). The van der Waals surface area contributed by atoms with Crippen LogP contribution >= 0.6 is 0 Å². The lowest BCUT2D eigenvalue weighted by atomic mass is 9.97. The third-order valence-corrected chi connectivity index (χ3v) is 6.88. The molecule has 1 unspecified atom stereocenters. The molecule has 0 bridgehead atoms. The van der Waals surface area contributed by atoms with Gasteiger partial charge in [-0.3, -0.25) is 0 Å². The van der Waals surface area contributed by atoms with E-state index in [1.54, 1.807) is 0 Å². The van der Waals surface area contributed by atoms with Crippen LogP contribution in [0.4, 0.5) is 0 Å². The summed E-state index contributed by atoms with van der Waals surface area (Å²) in [5.74, 6) is 0. The van der Waals surface area contributed by atoms with E-state index < -0.39 is 30.7 Å². The minimum Gasteiger partial charge on any atom is -0.394 e. The summed E-state index contributed by atoms with van der Waals surface area (Å²) in [5, 5.41) is 10.4. The van der Waals surface area contributed by atoms with E-state index in [1.165, 1.54) is 0 Å². The molecule has 40 heavy (non-hydrogen) atoms. The van der Waals surface area contributed by atoms with Gasteiger partial charge in [-0.15, -0.1) is 0 Å². The van der Waals surface area contributed by atoms with Gasteiger partial charge in [0.25, 0.3) is 0 Å². The normalized spacial score (nSPS) is 22.7. The molecule has 1 saturated heterocycles. The van der Waals surface area contributed by atoms with Crippen molar-refractivity contribution in [1.82, 2.24) is 0 Å². The average molecular weight is 541 g/mol. The molecule has 1 N–H and O–H groups in total. The molecule has 0 saturated carbocycles. The van der Waals surface area contributed by atoms with E-state index in [4.69, 9.17) is 23.7 Å². The van der Waals surface area contributed by atoms with Crippen molar-refractivity contribution in [3.63, 3.8) is 0 Å². The van der Waals surface area contributed by atoms with Crippen LogP contribution in [0.15, 0.2) is 121 Å². The summed E-state index contributed by atoms with van der Waals surface area (Å²) in [4.78, 5) is 0.